The van der Waals surface area contributed by atoms with E-state index in [0.717, 1.165) is 36.4 Å². The highest BCUT2D eigenvalue weighted by molar-refractivity contribution is 7.17. The Morgan fingerprint density at radius 3 is 2.62 bits per heavy atom. The molecule has 1 amide bonds. The van der Waals surface area contributed by atoms with Crippen LogP contribution in [0.5, 0.6) is 5.88 Å². The number of carbonyl (C=O) groups excluding carboxylic acids is 1. The predicted molar refractivity (Wildman–Crippen MR) is 99.0 cm³/mol. The molecule has 1 saturated heterocycles. The zero-order chi connectivity index (χ0) is 18.3. The molecule has 8 heteroatoms. The number of hydrogen-bond donors (Lipinski definition) is 2. The number of aromatic nitrogens is 3. The molecule has 0 saturated carbocycles. The van der Waals surface area contributed by atoms with Gasteiger partial charge in [0, 0.05) is 5.92 Å². The van der Waals surface area contributed by atoms with E-state index in [1.165, 1.54) is 15.9 Å². The van der Waals surface area contributed by atoms with Gasteiger partial charge in [0.25, 0.3) is 0 Å². The standard InChI is InChI=1S/C18H21N5O2S/c1-11-20-18-23(21-11)17(25)15(26-18)14(12-5-3-2-4-6-12)22-9-7-13(8-10-22)16(19)24/h2-6,13-14,25H,7-10H2,1H3,(H2,19,24)/t14-/m0/s1. The first-order valence-corrected chi connectivity index (χ1v) is 9.49. The van der Waals surface area contributed by atoms with E-state index >= 15 is 0 Å². The molecule has 7 nitrogen and oxygen atoms in total. The van der Waals surface area contributed by atoms with Gasteiger partial charge in [-0.25, -0.2) is 4.98 Å². The molecule has 1 fully saturated rings. The van der Waals surface area contributed by atoms with Crippen molar-refractivity contribution in [1.29, 1.82) is 0 Å². The van der Waals surface area contributed by atoms with E-state index < -0.39 is 0 Å². The average Bonchev–Trinajstić information content (AvgIpc) is 3.14. The molecule has 1 aromatic carbocycles. The second kappa shape index (κ2) is 6.69. The van der Waals surface area contributed by atoms with Crippen LogP contribution in [0.2, 0.25) is 0 Å². The van der Waals surface area contributed by atoms with Crippen LogP contribution in [-0.2, 0) is 4.79 Å². The minimum atomic E-state index is -0.224. The number of thiazole rings is 1. The molecule has 2 aromatic heterocycles. The van der Waals surface area contributed by atoms with Crippen molar-refractivity contribution in [1.82, 2.24) is 19.5 Å². The van der Waals surface area contributed by atoms with Crippen LogP contribution in [0, 0.1) is 12.8 Å². The van der Waals surface area contributed by atoms with Crippen LogP contribution in [-0.4, -0.2) is 43.6 Å². The van der Waals surface area contributed by atoms with Gasteiger partial charge in [-0.05, 0) is 38.4 Å². The Hall–Kier alpha value is -2.45. The third-order valence-electron chi connectivity index (χ3n) is 4.97. The van der Waals surface area contributed by atoms with Crippen LogP contribution >= 0.6 is 11.3 Å². The highest BCUT2D eigenvalue weighted by Gasteiger charge is 2.33. The smallest absolute Gasteiger partial charge is 0.230 e. The van der Waals surface area contributed by atoms with Gasteiger partial charge in [-0.1, -0.05) is 41.7 Å². The van der Waals surface area contributed by atoms with Crippen LogP contribution in [0.3, 0.4) is 0 Å². The summed E-state index contributed by atoms with van der Waals surface area (Å²) in [7, 11) is 0. The Balaban J connectivity index is 1.73. The van der Waals surface area contributed by atoms with Gasteiger partial charge in [0.1, 0.15) is 5.82 Å². The molecule has 0 unspecified atom stereocenters. The van der Waals surface area contributed by atoms with Gasteiger partial charge < -0.3 is 10.8 Å². The first-order chi connectivity index (χ1) is 12.5. The first-order valence-electron chi connectivity index (χ1n) is 8.68. The fourth-order valence-corrected chi connectivity index (χ4v) is 4.79. The highest BCUT2D eigenvalue weighted by atomic mass is 32.1. The number of likely N-dealkylation sites (tertiary alicyclic amines) is 1. The number of aromatic hydroxyl groups is 1. The van der Waals surface area contributed by atoms with E-state index in [1.807, 2.05) is 25.1 Å². The van der Waals surface area contributed by atoms with Crippen molar-refractivity contribution in [3.05, 3.63) is 46.6 Å². The SMILES string of the molecule is Cc1nc2sc([C@H](c3ccccc3)N3CCC(C(N)=O)CC3)c(O)n2n1. The summed E-state index contributed by atoms with van der Waals surface area (Å²) in [5.74, 6) is 0.479. The molecule has 1 aliphatic rings. The molecule has 1 atom stereocenters. The molecule has 26 heavy (non-hydrogen) atoms. The molecule has 0 spiro atoms. The lowest BCUT2D eigenvalue weighted by Gasteiger charge is -2.36. The lowest BCUT2D eigenvalue weighted by molar-refractivity contribution is -0.123. The van der Waals surface area contributed by atoms with E-state index in [1.54, 1.807) is 0 Å². The minimum Gasteiger partial charge on any atom is -0.492 e. The zero-order valence-corrected chi connectivity index (χ0v) is 15.3. The third-order valence-corrected chi connectivity index (χ3v) is 6.04. The van der Waals surface area contributed by atoms with Crippen molar-refractivity contribution in [3.8, 4) is 5.88 Å². The quantitative estimate of drug-likeness (QED) is 0.732. The minimum absolute atomic E-state index is 0.0683. The van der Waals surface area contributed by atoms with Crippen molar-refractivity contribution in [2.75, 3.05) is 13.1 Å². The zero-order valence-electron chi connectivity index (χ0n) is 14.5. The van der Waals surface area contributed by atoms with Crippen molar-refractivity contribution in [3.63, 3.8) is 0 Å². The van der Waals surface area contributed by atoms with Crippen LogP contribution in [0.1, 0.15) is 35.1 Å². The predicted octanol–water partition coefficient (Wildman–Crippen LogP) is 2.09. The Morgan fingerprint density at radius 1 is 1.31 bits per heavy atom. The van der Waals surface area contributed by atoms with E-state index in [9.17, 15) is 9.90 Å². The normalized spacial score (nSPS) is 17.6. The molecule has 0 aliphatic carbocycles. The number of piperidine rings is 1. The van der Waals surface area contributed by atoms with Gasteiger partial charge in [-0.2, -0.15) is 4.52 Å². The van der Waals surface area contributed by atoms with Gasteiger partial charge in [-0.3, -0.25) is 9.69 Å². The molecule has 0 bridgehead atoms. The Labute approximate surface area is 155 Å². The number of benzene rings is 1. The highest BCUT2D eigenvalue weighted by Crippen LogP contribution is 2.41. The number of hydrogen-bond acceptors (Lipinski definition) is 6. The number of nitrogens with zero attached hydrogens (tertiary/aromatic N) is 4. The topological polar surface area (TPSA) is 96.8 Å². The van der Waals surface area contributed by atoms with E-state index in [-0.39, 0.29) is 23.7 Å². The summed E-state index contributed by atoms with van der Waals surface area (Å²) in [5.41, 5.74) is 6.57. The summed E-state index contributed by atoms with van der Waals surface area (Å²) in [6.45, 7) is 3.31. The lowest BCUT2D eigenvalue weighted by atomic mass is 9.93. The van der Waals surface area contributed by atoms with Gasteiger partial charge in [0.15, 0.2) is 0 Å². The van der Waals surface area contributed by atoms with Crippen molar-refractivity contribution in [2.45, 2.75) is 25.8 Å². The number of aryl methyl sites for hydroxylation is 1. The summed E-state index contributed by atoms with van der Waals surface area (Å²) >= 11 is 1.45. The Morgan fingerprint density at radius 2 is 2.00 bits per heavy atom. The van der Waals surface area contributed by atoms with Crippen LogP contribution in [0.15, 0.2) is 30.3 Å². The summed E-state index contributed by atoms with van der Waals surface area (Å²) in [6, 6.07) is 10.00. The van der Waals surface area contributed by atoms with Crippen molar-refractivity contribution < 1.29 is 9.90 Å². The Bertz CT molecular complexity index is 928. The van der Waals surface area contributed by atoms with Gasteiger partial charge in [0.05, 0.1) is 10.9 Å². The molecule has 0 radical (unpaired) electrons. The average molecular weight is 371 g/mol. The largest absolute Gasteiger partial charge is 0.492 e. The molecule has 4 rings (SSSR count). The van der Waals surface area contributed by atoms with E-state index in [2.05, 4.69) is 27.1 Å². The van der Waals surface area contributed by atoms with Gasteiger partial charge in [-0.15, -0.1) is 5.10 Å². The second-order valence-electron chi connectivity index (χ2n) is 6.67. The molecular formula is C18H21N5O2S. The monoisotopic (exact) mass is 371 g/mol. The van der Waals surface area contributed by atoms with Crippen LogP contribution in [0.4, 0.5) is 0 Å². The van der Waals surface area contributed by atoms with Crippen molar-refractivity contribution >= 4 is 22.2 Å². The van der Waals surface area contributed by atoms with Crippen LogP contribution < -0.4 is 5.73 Å². The molecule has 3 N–H and O–H groups in total. The van der Waals surface area contributed by atoms with Gasteiger partial charge >= 0.3 is 0 Å². The molecule has 3 aromatic rings. The number of fused-ring (bicyclic) bond motifs is 1. The second-order valence-corrected chi connectivity index (χ2v) is 7.68. The molecule has 1 aliphatic heterocycles. The summed E-state index contributed by atoms with van der Waals surface area (Å²) in [6.07, 6.45) is 1.47. The van der Waals surface area contributed by atoms with Crippen LogP contribution in [0.25, 0.3) is 4.96 Å². The number of carbonyl (C=O) groups is 1. The summed E-state index contributed by atoms with van der Waals surface area (Å²) < 4.78 is 1.50. The summed E-state index contributed by atoms with van der Waals surface area (Å²) in [5, 5.41) is 15.1. The first kappa shape index (κ1) is 17.0. The Kier molecular flexibility index (Phi) is 4.37. The summed E-state index contributed by atoms with van der Waals surface area (Å²) in [4.78, 5) is 19.7. The molecule has 136 valence electrons. The number of primary amides is 1. The third kappa shape index (κ3) is 2.95. The lowest BCUT2D eigenvalue weighted by Crippen LogP contribution is -2.40. The number of amides is 1. The maximum Gasteiger partial charge on any atom is 0.230 e. The maximum atomic E-state index is 11.5. The maximum absolute atomic E-state index is 11.5. The number of nitrogens with two attached hydrogens (primary N) is 1. The van der Waals surface area contributed by atoms with Crippen molar-refractivity contribution in [2.24, 2.45) is 11.7 Å². The van der Waals surface area contributed by atoms with Gasteiger partial charge in [0.2, 0.25) is 16.7 Å². The van der Waals surface area contributed by atoms with E-state index in [4.69, 9.17) is 5.73 Å². The fourth-order valence-electron chi connectivity index (χ4n) is 3.63. The fraction of sp³-hybridized carbons (Fsp3) is 0.389. The molecule has 3 heterocycles. The van der Waals surface area contributed by atoms with E-state index in [0.29, 0.717) is 10.8 Å². The molecular weight excluding hydrogens is 350 g/mol. The number of rotatable bonds is 4.